The molecule has 0 spiro atoms. The van der Waals surface area contributed by atoms with E-state index in [9.17, 15) is 28.2 Å². The highest BCUT2D eigenvalue weighted by Gasteiger charge is 2.58. The Hall–Kier alpha value is -0.820. The van der Waals surface area contributed by atoms with Gasteiger partial charge in [-0.05, 0) is 43.9 Å². The standard InChI is InChI=1S/C16H24F3NO3/c17-16(18,19)14-10-3-1-9(2-4-10)13(14)15(23)20-6-5-12(22)11(7-20)8-21/h9-14,21-22H,1-8H2/t9?,10?,11?,12?,13-,14-/m0/s1. The highest BCUT2D eigenvalue weighted by Crippen LogP contribution is 2.55. The molecule has 1 aliphatic heterocycles. The van der Waals surface area contributed by atoms with Crippen molar-refractivity contribution in [3.8, 4) is 0 Å². The number of fused-ring (bicyclic) bond motifs is 3. The van der Waals surface area contributed by atoms with Gasteiger partial charge < -0.3 is 15.1 Å². The van der Waals surface area contributed by atoms with E-state index in [1.807, 2.05) is 0 Å². The molecule has 0 aromatic heterocycles. The lowest BCUT2D eigenvalue weighted by Gasteiger charge is -2.50. The van der Waals surface area contributed by atoms with Gasteiger partial charge in [-0.25, -0.2) is 0 Å². The second-order valence-corrected chi connectivity index (χ2v) is 7.35. The smallest absolute Gasteiger partial charge is 0.392 e. The fraction of sp³-hybridized carbons (Fsp3) is 0.938. The molecule has 7 heteroatoms. The molecule has 23 heavy (non-hydrogen) atoms. The highest BCUT2D eigenvalue weighted by molar-refractivity contribution is 5.80. The average Bonchev–Trinajstić information content (AvgIpc) is 2.54. The van der Waals surface area contributed by atoms with Crippen LogP contribution in [-0.2, 0) is 4.79 Å². The van der Waals surface area contributed by atoms with Gasteiger partial charge in [-0.15, -0.1) is 0 Å². The third kappa shape index (κ3) is 3.09. The summed E-state index contributed by atoms with van der Waals surface area (Å²) < 4.78 is 40.6. The Labute approximate surface area is 133 Å². The molecule has 1 heterocycles. The molecule has 4 atom stereocenters. The SMILES string of the molecule is O=C([C@H]1C2CCC(CC2)[C@@H]1C(F)(F)F)N1CCC(O)C(CO)C1. The molecular formula is C16H24F3NO3. The van der Waals surface area contributed by atoms with Crippen molar-refractivity contribution in [1.82, 2.24) is 4.90 Å². The minimum Gasteiger partial charge on any atom is -0.396 e. The molecule has 0 aromatic carbocycles. The molecule has 0 radical (unpaired) electrons. The van der Waals surface area contributed by atoms with E-state index in [2.05, 4.69) is 0 Å². The van der Waals surface area contributed by atoms with Crippen LogP contribution in [0.3, 0.4) is 0 Å². The minimum atomic E-state index is -4.34. The molecule has 1 amide bonds. The van der Waals surface area contributed by atoms with Gasteiger partial charge in [0, 0.05) is 19.0 Å². The molecule has 4 fully saturated rings. The van der Waals surface area contributed by atoms with Crippen LogP contribution in [-0.4, -0.2) is 53.0 Å². The molecule has 0 aromatic rings. The fourth-order valence-electron chi connectivity index (χ4n) is 4.89. The van der Waals surface area contributed by atoms with E-state index in [0.29, 0.717) is 32.1 Å². The average molecular weight is 335 g/mol. The summed E-state index contributed by atoms with van der Waals surface area (Å²) in [5.41, 5.74) is 0. The Morgan fingerprint density at radius 1 is 1.09 bits per heavy atom. The van der Waals surface area contributed by atoms with Crippen molar-refractivity contribution in [2.45, 2.75) is 44.4 Å². The maximum Gasteiger partial charge on any atom is 0.392 e. The number of amides is 1. The third-order valence-electron chi connectivity index (χ3n) is 6.12. The van der Waals surface area contributed by atoms with Gasteiger partial charge in [-0.2, -0.15) is 13.2 Å². The summed E-state index contributed by atoms with van der Waals surface area (Å²) in [4.78, 5) is 14.3. The van der Waals surface area contributed by atoms with Gasteiger partial charge >= 0.3 is 6.18 Å². The maximum absolute atomic E-state index is 13.5. The number of carbonyl (C=O) groups is 1. The first-order valence-corrected chi connectivity index (χ1v) is 8.47. The van der Waals surface area contributed by atoms with Gasteiger partial charge in [0.25, 0.3) is 0 Å². The van der Waals surface area contributed by atoms with Gasteiger partial charge in [0.2, 0.25) is 5.91 Å². The van der Waals surface area contributed by atoms with E-state index >= 15 is 0 Å². The van der Waals surface area contributed by atoms with Gasteiger partial charge in [0.1, 0.15) is 0 Å². The predicted octanol–water partition coefficient (Wildman–Crippen LogP) is 1.80. The monoisotopic (exact) mass is 335 g/mol. The number of hydrogen-bond donors (Lipinski definition) is 2. The Bertz CT molecular complexity index is 448. The molecular weight excluding hydrogens is 311 g/mol. The summed E-state index contributed by atoms with van der Waals surface area (Å²) in [6.07, 6.45) is -2.18. The fourth-order valence-corrected chi connectivity index (χ4v) is 4.89. The Kier molecular flexibility index (Phi) is 4.62. The number of rotatable bonds is 2. The van der Waals surface area contributed by atoms with Crippen LogP contribution < -0.4 is 0 Å². The number of halogens is 3. The molecule has 132 valence electrons. The zero-order valence-electron chi connectivity index (χ0n) is 13.0. The van der Waals surface area contributed by atoms with Crippen molar-refractivity contribution >= 4 is 5.91 Å². The molecule has 2 N–H and O–H groups in total. The number of aliphatic hydroxyl groups is 2. The lowest BCUT2D eigenvalue weighted by molar-refractivity contribution is -0.232. The molecule has 1 saturated heterocycles. The summed E-state index contributed by atoms with van der Waals surface area (Å²) in [7, 11) is 0. The second-order valence-electron chi connectivity index (χ2n) is 7.35. The van der Waals surface area contributed by atoms with Crippen molar-refractivity contribution in [1.29, 1.82) is 0 Å². The molecule has 4 aliphatic rings. The maximum atomic E-state index is 13.5. The van der Waals surface area contributed by atoms with Crippen LogP contribution in [0.5, 0.6) is 0 Å². The molecule has 4 nitrogen and oxygen atoms in total. The van der Waals surface area contributed by atoms with Crippen molar-refractivity contribution in [3.05, 3.63) is 0 Å². The summed E-state index contributed by atoms with van der Waals surface area (Å²) in [5, 5.41) is 19.1. The topological polar surface area (TPSA) is 60.8 Å². The predicted molar refractivity (Wildman–Crippen MR) is 76.3 cm³/mol. The number of likely N-dealkylation sites (tertiary alicyclic amines) is 1. The first-order chi connectivity index (χ1) is 10.8. The van der Waals surface area contributed by atoms with E-state index in [-0.39, 0.29) is 25.6 Å². The van der Waals surface area contributed by atoms with E-state index < -0.39 is 41.9 Å². The zero-order valence-corrected chi connectivity index (χ0v) is 13.0. The van der Waals surface area contributed by atoms with Crippen molar-refractivity contribution in [2.24, 2.45) is 29.6 Å². The molecule has 4 rings (SSSR count). The third-order valence-corrected chi connectivity index (χ3v) is 6.12. The summed E-state index contributed by atoms with van der Waals surface area (Å²) >= 11 is 0. The number of aliphatic hydroxyl groups excluding tert-OH is 2. The summed E-state index contributed by atoms with van der Waals surface area (Å²) in [5.74, 6) is -4.00. The minimum absolute atomic E-state index is 0.148. The number of nitrogens with zero attached hydrogens (tertiary/aromatic N) is 1. The highest BCUT2D eigenvalue weighted by atomic mass is 19.4. The zero-order chi connectivity index (χ0) is 16.8. The summed E-state index contributed by atoms with van der Waals surface area (Å²) in [6, 6.07) is 0. The molecule has 2 bridgehead atoms. The van der Waals surface area contributed by atoms with Gasteiger partial charge in [0.15, 0.2) is 0 Å². The second kappa shape index (κ2) is 6.24. The first-order valence-electron chi connectivity index (χ1n) is 8.47. The number of hydrogen-bond acceptors (Lipinski definition) is 3. The number of alkyl halides is 3. The van der Waals surface area contributed by atoms with Crippen molar-refractivity contribution in [2.75, 3.05) is 19.7 Å². The van der Waals surface area contributed by atoms with Gasteiger partial charge in [-0.3, -0.25) is 4.79 Å². The lowest BCUT2D eigenvalue weighted by Crippen LogP contribution is -2.56. The Balaban J connectivity index is 1.79. The Morgan fingerprint density at radius 3 is 2.26 bits per heavy atom. The van der Waals surface area contributed by atoms with Crippen LogP contribution in [0.4, 0.5) is 13.2 Å². The van der Waals surface area contributed by atoms with E-state index in [4.69, 9.17) is 0 Å². The number of piperidine rings is 1. The largest absolute Gasteiger partial charge is 0.396 e. The van der Waals surface area contributed by atoms with Crippen molar-refractivity contribution < 1.29 is 28.2 Å². The number of carbonyl (C=O) groups excluding carboxylic acids is 1. The van der Waals surface area contributed by atoms with Crippen molar-refractivity contribution in [3.63, 3.8) is 0 Å². The van der Waals surface area contributed by atoms with E-state index in [0.717, 1.165) is 0 Å². The summed E-state index contributed by atoms with van der Waals surface area (Å²) in [6.45, 7) is 0.161. The lowest BCUT2D eigenvalue weighted by atomic mass is 9.58. The quantitative estimate of drug-likeness (QED) is 0.809. The first kappa shape index (κ1) is 17.0. The molecule has 3 aliphatic carbocycles. The Morgan fingerprint density at radius 2 is 1.70 bits per heavy atom. The van der Waals surface area contributed by atoms with Gasteiger partial charge in [-0.1, -0.05) is 0 Å². The van der Waals surface area contributed by atoms with Crippen LogP contribution in [0, 0.1) is 29.6 Å². The van der Waals surface area contributed by atoms with Crippen LogP contribution in [0.15, 0.2) is 0 Å². The van der Waals surface area contributed by atoms with E-state index in [1.165, 1.54) is 4.90 Å². The van der Waals surface area contributed by atoms with Crippen LogP contribution in [0.1, 0.15) is 32.1 Å². The molecule has 2 unspecified atom stereocenters. The van der Waals surface area contributed by atoms with E-state index in [1.54, 1.807) is 0 Å². The normalized spacial score (nSPS) is 41.2. The molecule has 3 saturated carbocycles. The van der Waals surface area contributed by atoms with Crippen LogP contribution in [0.2, 0.25) is 0 Å². The van der Waals surface area contributed by atoms with Crippen LogP contribution in [0.25, 0.3) is 0 Å². The van der Waals surface area contributed by atoms with Crippen LogP contribution >= 0.6 is 0 Å². The van der Waals surface area contributed by atoms with Gasteiger partial charge in [0.05, 0.1) is 24.5 Å².